The van der Waals surface area contributed by atoms with Crippen molar-refractivity contribution in [3.05, 3.63) is 58.4 Å². The molecule has 0 amide bonds. The fraction of sp³-hybridized carbons (Fsp3) is 0.391. The Morgan fingerprint density at radius 2 is 2.07 bits per heavy atom. The molecule has 0 N–H and O–H groups in total. The van der Waals surface area contributed by atoms with Gasteiger partial charge in [0.05, 0.1) is 17.0 Å². The summed E-state index contributed by atoms with van der Waals surface area (Å²) < 4.78 is 1.76. The smallest absolute Gasteiger partial charge is 0.258 e. The lowest BCUT2D eigenvalue weighted by Gasteiger charge is -2.42. The van der Waals surface area contributed by atoms with Crippen LogP contribution in [0, 0.1) is 12.3 Å². The Morgan fingerprint density at radius 3 is 2.81 bits per heavy atom. The number of rotatable bonds is 4. The molecule has 0 aliphatic heterocycles. The highest BCUT2D eigenvalue weighted by Crippen LogP contribution is 2.48. The van der Waals surface area contributed by atoms with E-state index >= 15 is 0 Å². The summed E-state index contributed by atoms with van der Waals surface area (Å²) in [5.41, 5.74) is 4.24. The Hall–Kier alpha value is -2.25. The van der Waals surface area contributed by atoms with E-state index in [1.54, 1.807) is 10.6 Å². The van der Waals surface area contributed by atoms with Crippen LogP contribution in [0.25, 0.3) is 11.3 Å². The fourth-order valence-electron chi connectivity index (χ4n) is 4.73. The van der Waals surface area contributed by atoms with Gasteiger partial charge in [0.2, 0.25) is 0 Å². The van der Waals surface area contributed by atoms with Gasteiger partial charge in [0.15, 0.2) is 5.16 Å². The molecule has 0 saturated heterocycles. The number of allylic oxidation sites excluding steroid dienone is 1. The van der Waals surface area contributed by atoms with E-state index in [1.807, 2.05) is 6.07 Å². The van der Waals surface area contributed by atoms with E-state index < -0.39 is 0 Å². The Balaban J connectivity index is 2.01. The van der Waals surface area contributed by atoms with Crippen molar-refractivity contribution in [3.8, 4) is 23.6 Å². The average Bonchev–Trinajstić information content (AvgIpc) is 2.69. The van der Waals surface area contributed by atoms with Crippen molar-refractivity contribution < 1.29 is 0 Å². The van der Waals surface area contributed by atoms with Gasteiger partial charge in [-0.05, 0) is 24.8 Å². The SMILES string of the molecule is C#CCSc1nc2c(c(=O)n1CC=C)C1(CCCCC1)Cc1ccccc1-2. The molecular formula is C23H24N2OS. The predicted octanol–water partition coefficient (Wildman–Crippen LogP) is 4.58. The third kappa shape index (κ3) is 3.04. The number of benzene rings is 1. The first-order chi connectivity index (χ1) is 13.2. The summed E-state index contributed by atoms with van der Waals surface area (Å²) in [7, 11) is 0. The van der Waals surface area contributed by atoms with Crippen molar-refractivity contribution in [3.63, 3.8) is 0 Å². The lowest BCUT2D eigenvalue weighted by molar-refractivity contribution is 0.282. The molecule has 1 aromatic carbocycles. The van der Waals surface area contributed by atoms with Crippen LogP contribution in [0.4, 0.5) is 0 Å². The molecule has 1 saturated carbocycles. The monoisotopic (exact) mass is 376 g/mol. The van der Waals surface area contributed by atoms with Crippen LogP contribution >= 0.6 is 11.8 Å². The zero-order valence-corrected chi connectivity index (χ0v) is 16.4. The first kappa shape index (κ1) is 18.1. The first-order valence-corrected chi connectivity index (χ1v) is 10.6. The summed E-state index contributed by atoms with van der Waals surface area (Å²) in [6, 6.07) is 8.42. The van der Waals surface area contributed by atoms with Gasteiger partial charge >= 0.3 is 0 Å². The quantitative estimate of drug-likeness (QED) is 0.339. The Labute approximate surface area is 164 Å². The topological polar surface area (TPSA) is 34.9 Å². The summed E-state index contributed by atoms with van der Waals surface area (Å²) in [5.74, 6) is 3.14. The van der Waals surface area contributed by atoms with Gasteiger partial charge in [-0.15, -0.1) is 13.0 Å². The van der Waals surface area contributed by atoms with E-state index in [0.29, 0.717) is 17.5 Å². The number of aromatic nitrogens is 2. The van der Waals surface area contributed by atoms with Crippen molar-refractivity contribution in [2.45, 2.75) is 55.6 Å². The van der Waals surface area contributed by atoms with Gasteiger partial charge in [-0.2, -0.15) is 0 Å². The van der Waals surface area contributed by atoms with Gasteiger partial charge in [0.25, 0.3) is 5.56 Å². The van der Waals surface area contributed by atoms with E-state index in [0.717, 1.165) is 36.1 Å². The second kappa shape index (κ2) is 7.40. The lowest BCUT2D eigenvalue weighted by atomic mass is 9.62. The average molecular weight is 377 g/mol. The summed E-state index contributed by atoms with van der Waals surface area (Å²) in [4.78, 5) is 18.7. The summed E-state index contributed by atoms with van der Waals surface area (Å²) in [6.45, 7) is 4.30. The zero-order valence-electron chi connectivity index (χ0n) is 15.5. The number of terminal acetylenes is 1. The number of fused-ring (bicyclic) bond motifs is 4. The standard InChI is InChI=1S/C23H24N2OS/c1-3-14-25-21(26)19-20(24-22(25)27-15-4-2)18-11-7-6-10-17(18)16-23(19)12-8-5-9-13-23/h2-3,6-7,10-11H,1,5,8-9,12-16H2. The van der Waals surface area contributed by atoms with Gasteiger partial charge in [0, 0.05) is 17.5 Å². The summed E-state index contributed by atoms with van der Waals surface area (Å²) in [5, 5.41) is 0.694. The molecule has 2 aliphatic carbocycles. The van der Waals surface area contributed by atoms with E-state index in [4.69, 9.17) is 11.4 Å². The second-order valence-electron chi connectivity index (χ2n) is 7.49. The molecule has 1 fully saturated rings. The molecule has 3 nitrogen and oxygen atoms in total. The van der Waals surface area contributed by atoms with Crippen LogP contribution in [-0.4, -0.2) is 15.3 Å². The maximum absolute atomic E-state index is 13.7. The van der Waals surface area contributed by atoms with Crippen LogP contribution in [0.3, 0.4) is 0 Å². The highest BCUT2D eigenvalue weighted by molar-refractivity contribution is 7.99. The molecular weight excluding hydrogens is 352 g/mol. The Morgan fingerprint density at radius 1 is 1.30 bits per heavy atom. The third-order valence-electron chi connectivity index (χ3n) is 5.87. The van der Waals surface area contributed by atoms with Crippen LogP contribution in [0.15, 0.2) is 46.9 Å². The molecule has 1 spiro atoms. The van der Waals surface area contributed by atoms with Crippen molar-refractivity contribution in [2.75, 3.05) is 5.75 Å². The Bertz CT molecular complexity index is 977. The molecule has 1 heterocycles. The molecule has 0 radical (unpaired) electrons. The summed E-state index contributed by atoms with van der Waals surface area (Å²) >= 11 is 1.45. The maximum atomic E-state index is 13.7. The van der Waals surface area contributed by atoms with Gasteiger partial charge in [-0.3, -0.25) is 9.36 Å². The molecule has 1 aromatic heterocycles. The molecule has 0 unspecified atom stereocenters. The minimum atomic E-state index is -0.0791. The third-order valence-corrected chi connectivity index (χ3v) is 6.75. The number of nitrogens with zero attached hydrogens (tertiary/aromatic N) is 2. The Kier molecular flexibility index (Phi) is 4.97. The molecule has 4 heteroatoms. The molecule has 0 bridgehead atoms. The normalized spacial score (nSPS) is 17.0. The minimum Gasteiger partial charge on any atom is -0.283 e. The largest absolute Gasteiger partial charge is 0.283 e. The highest BCUT2D eigenvalue weighted by atomic mass is 32.2. The van der Waals surface area contributed by atoms with Crippen molar-refractivity contribution in [1.82, 2.24) is 9.55 Å². The molecule has 4 rings (SSSR count). The van der Waals surface area contributed by atoms with Crippen molar-refractivity contribution in [2.24, 2.45) is 0 Å². The van der Waals surface area contributed by atoms with Gasteiger partial charge in [-0.25, -0.2) is 4.98 Å². The molecule has 2 aromatic rings. The maximum Gasteiger partial charge on any atom is 0.258 e. The van der Waals surface area contributed by atoms with Gasteiger partial charge in [0.1, 0.15) is 0 Å². The zero-order chi connectivity index (χ0) is 18.9. The van der Waals surface area contributed by atoms with Crippen LogP contribution in [0.2, 0.25) is 0 Å². The number of hydrogen-bond acceptors (Lipinski definition) is 3. The minimum absolute atomic E-state index is 0.0791. The predicted molar refractivity (Wildman–Crippen MR) is 112 cm³/mol. The van der Waals surface area contributed by atoms with Crippen LogP contribution in [0.5, 0.6) is 0 Å². The van der Waals surface area contributed by atoms with Crippen molar-refractivity contribution >= 4 is 11.8 Å². The van der Waals surface area contributed by atoms with E-state index in [-0.39, 0.29) is 11.0 Å². The highest BCUT2D eigenvalue weighted by Gasteiger charge is 2.43. The van der Waals surface area contributed by atoms with E-state index in [2.05, 4.69) is 30.7 Å². The fourth-order valence-corrected chi connectivity index (χ4v) is 5.41. The van der Waals surface area contributed by atoms with E-state index in [1.165, 1.54) is 36.6 Å². The van der Waals surface area contributed by atoms with Crippen molar-refractivity contribution in [1.29, 1.82) is 0 Å². The second-order valence-corrected chi connectivity index (χ2v) is 8.43. The van der Waals surface area contributed by atoms with Crippen LogP contribution in [-0.2, 0) is 18.4 Å². The number of hydrogen-bond donors (Lipinski definition) is 0. The number of thioether (sulfide) groups is 1. The van der Waals surface area contributed by atoms with Gasteiger partial charge in [-0.1, -0.05) is 67.3 Å². The first-order valence-electron chi connectivity index (χ1n) is 9.61. The lowest BCUT2D eigenvalue weighted by Crippen LogP contribution is -2.43. The van der Waals surface area contributed by atoms with Crippen LogP contribution in [0.1, 0.15) is 43.2 Å². The molecule has 27 heavy (non-hydrogen) atoms. The molecule has 0 atom stereocenters. The molecule has 2 aliphatic rings. The summed E-state index contributed by atoms with van der Waals surface area (Å²) in [6.07, 6.45) is 13.9. The van der Waals surface area contributed by atoms with Crippen LogP contribution < -0.4 is 5.56 Å². The molecule has 138 valence electrons. The van der Waals surface area contributed by atoms with E-state index in [9.17, 15) is 4.79 Å². The van der Waals surface area contributed by atoms with Gasteiger partial charge < -0.3 is 0 Å².